The number of Topliss-reactive ketones (excluding diaryl/α,β-unsaturated/α-hetero) is 1. The van der Waals surface area contributed by atoms with Crippen LogP contribution in [0.1, 0.15) is 102 Å². The molecule has 2 nitrogen and oxygen atoms in total. The highest BCUT2D eigenvalue weighted by molar-refractivity contribution is 5.98. The number of benzene rings is 2. The second-order valence-corrected chi connectivity index (χ2v) is 12.2. The minimum absolute atomic E-state index is 0.0674. The van der Waals surface area contributed by atoms with Gasteiger partial charge < -0.3 is 4.74 Å². The molecule has 0 saturated heterocycles. The highest BCUT2D eigenvalue weighted by Crippen LogP contribution is 2.61. The van der Waals surface area contributed by atoms with E-state index >= 15 is 0 Å². The van der Waals surface area contributed by atoms with Crippen LogP contribution < -0.4 is 4.74 Å². The Kier molecular flexibility index (Phi) is 11.2. The zero-order valence-electron chi connectivity index (χ0n) is 25.8. The lowest BCUT2D eigenvalue weighted by Gasteiger charge is -2.48. The molecule has 2 aromatic rings. The largest absolute Gasteiger partial charge is 0.490 e. The number of allylic oxidation sites excluding steroid dienone is 3. The van der Waals surface area contributed by atoms with Crippen molar-refractivity contribution < 1.29 is 13.9 Å². The van der Waals surface area contributed by atoms with Gasteiger partial charge in [-0.1, -0.05) is 63.3 Å². The van der Waals surface area contributed by atoms with E-state index in [1.807, 2.05) is 27.7 Å². The number of rotatable bonds is 10. The summed E-state index contributed by atoms with van der Waals surface area (Å²) < 4.78 is 19.6. The van der Waals surface area contributed by atoms with Gasteiger partial charge in [-0.25, -0.2) is 4.39 Å². The fourth-order valence-electron chi connectivity index (χ4n) is 6.79. The maximum Gasteiger partial charge on any atom is 0.166 e. The Labute approximate surface area is 242 Å². The van der Waals surface area contributed by atoms with Crippen LogP contribution in [0.3, 0.4) is 0 Å². The molecule has 1 spiro atoms. The molecule has 216 valence electrons. The first-order valence-electron chi connectivity index (χ1n) is 15.2. The summed E-state index contributed by atoms with van der Waals surface area (Å²) in [5.74, 6) is 1.47. The number of hydrogen-bond donors (Lipinski definition) is 0. The molecule has 0 aliphatic heterocycles. The highest BCUT2D eigenvalue weighted by Gasteiger charge is 2.50. The topological polar surface area (TPSA) is 26.3 Å². The fourth-order valence-corrected chi connectivity index (χ4v) is 6.79. The van der Waals surface area contributed by atoms with Crippen LogP contribution in [0, 0.1) is 35.9 Å². The average Bonchev–Trinajstić information content (AvgIpc) is 3.32. The normalized spacial score (nSPS) is 22.7. The molecule has 3 heteroatoms. The quantitative estimate of drug-likeness (QED) is 0.169. The molecule has 0 amide bonds. The van der Waals surface area contributed by atoms with Gasteiger partial charge in [-0.3, -0.25) is 4.79 Å². The Bertz CT molecular complexity index is 1240. The zero-order valence-corrected chi connectivity index (χ0v) is 25.8. The Balaban J connectivity index is 0.00000216. The van der Waals surface area contributed by atoms with Gasteiger partial charge in [0.25, 0.3) is 0 Å². The van der Waals surface area contributed by atoms with Crippen molar-refractivity contribution >= 4 is 5.78 Å². The van der Waals surface area contributed by atoms with Crippen molar-refractivity contribution in [3.63, 3.8) is 0 Å². The zero-order chi connectivity index (χ0) is 29.4. The van der Waals surface area contributed by atoms with Crippen LogP contribution in [0.2, 0.25) is 0 Å². The average molecular weight is 545 g/mol. The second-order valence-electron chi connectivity index (χ2n) is 12.2. The number of carbonyl (C=O) groups is 1. The molecule has 2 unspecified atom stereocenters. The van der Waals surface area contributed by atoms with E-state index in [4.69, 9.17) is 4.74 Å². The molecule has 2 aliphatic rings. The van der Waals surface area contributed by atoms with E-state index in [-0.39, 0.29) is 17.7 Å². The van der Waals surface area contributed by atoms with Gasteiger partial charge in [0.05, 0.1) is 11.7 Å². The van der Waals surface area contributed by atoms with Gasteiger partial charge in [0.2, 0.25) is 0 Å². The molecule has 2 saturated carbocycles. The van der Waals surface area contributed by atoms with E-state index in [1.165, 1.54) is 48.1 Å². The molecule has 40 heavy (non-hydrogen) atoms. The summed E-state index contributed by atoms with van der Waals surface area (Å²) in [7, 11) is 0. The van der Waals surface area contributed by atoms with Crippen molar-refractivity contribution in [2.24, 2.45) is 23.2 Å². The Morgan fingerprint density at radius 2 is 1.85 bits per heavy atom. The Morgan fingerprint density at radius 1 is 1.15 bits per heavy atom. The second kappa shape index (κ2) is 14.1. The van der Waals surface area contributed by atoms with Gasteiger partial charge in [-0.2, -0.15) is 0 Å². The number of halogens is 1. The minimum atomic E-state index is -0.375. The number of aryl methyl sites for hydroxylation is 1. The summed E-state index contributed by atoms with van der Waals surface area (Å²) in [5.41, 5.74) is 9.33. The van der Waals surface area contributed by atoms with Crippen LogP contribution in [-0.2, 0) is 6.42 Å². The van der Waals surface area contributed by atoms with E-state index in [0.29, 0.717) is 40.9 Å². The maximum absolute atomic E-state index is 13.8. The first-order valence-corrected chi connectivity index (χ1v) is 15.2. The van der Waals surface area contributed by atoms with Crippen LogP contribution in [0.4, 0.5) is 4.39 Å². The minimum Gasteiger partial charge on any atom is -0.490 e. The molecular weight excluding hydrogens is 495 g/mol. The van der Waals surface area contributed by atoms with Crippen LogP contribution in [-0.4, -0.2) is 11.9 Å². The van der Waals surface area contributed by atoms with Gasteiger partial charge in [0.1, 0.15) is 11.6 Å². The van der Waals surface area contributed by atoms with Gasteiger partial charge in [-0.15, -0.1) is 5.73 Å². The van der Waals surface area contributed by atoms with Crippen molar-refractivity contribution in [2.75, 3.05) is 0 Å². The molecule has 0 radical (unpaired) electrons. The first-order chi connectivity index (χ1) is 19.1. The maximum atomic E-state index is 13.8. The third-order valence-corrected chi connectivity index (χ3v) is 8.73. The van der Waals surface area contributed by atoms with E-state index in [2.05, 4.69) is 63.4 Å². The van der Waals surface area contributed by atoms with Crippen molar-refractivity contribution in [2.45, 2.75) is 99.5 Å². The van der Waals surface area contributed by atoms with Gasteiger partial charge >= 0.3 is 0 Å². The molecule has 2 aliphatic carbocycles. The third kappa shape index (κ3) is 7.85. The first kappa shape index (κ1) is 31.6. The predicted molar refractivity (Wildman–Crippen MR) is 165 cm³/mol. The molecule has 0 N–H and O–H groups in total. The summed E-state index contributed by atoms with van der Waals surface area (Å²) in [6, 6.07) is 13.0. The van der Waals surface area contributed by atoms with Crippen molar-refractivity contribution in [1.82, 2.24) is 0 Å². The van der Waals surface area contributed by atoms with Crippen LogP contribution >= 0.6 is 0 Å². The third-order valence-electron chi connectivity index (χ3n) is 8.73. The van der Waals surface area contributed by atoms with Crippen LogP contribution in [0.15, 0.2) is 72.0 Å². The Morgan fingerprint density at radius 3 is 2.50 bits per heavy atom. The molecule has 4 rings (SSSR count). The fraction of sp³-hybridized carbons (Fsp3) is 0.514. The summed E-state index contributed by atoms with van der Waals surface area (Å²) in [4.78, 5) is 13.2. The molecule has 0 bridgehead atoms. The summed E-state index contributed by atoms with van der Waals surface area (Å²) >= 11 is 0. The van der Waals surface area contributed by atoms with Crippen molar-refractivity contribution in [3.8, 4) is 5.75 Å². The lowest BCUT2D eigenvalue weighted by atomic mass is 9.57. The summed E-state index contributed by atoms with van der Waals surface area (Å²) in [6.45, 7) is 18.3. The SMILES string of the molecule is C=C=C(C)/C=C(\C(C)Cc1ccccc1C)C1CC2(CCC(CC(=O)c3ccc(F)cc3OC(C)C)C2)C1.CC. The van der Waals surface area contributed by atoms with Gasteiger partial charge in [0, 0.05) is 12.5 Å². The summed E-state index contributed by atoms with van der Waals surface area (Å²) in [5, 5.41) is 0. The number of carbonyl (C=O) groups excluding carboxylic acids is 1. The highest BCUT2D eigenvalue weighted by atomic mass is 19.1. The van der Waals surface area contributed by atoms with Gasteiger partial charge in [0.15, 0.2) is 5.78 Å². The summed E-state index contributed by atoms with van der Waals surface area (Å²) in [6.07, 6.45) is 9.55. The predicted octanol–water partition coefficient (Wildman–Crippen LogP) is 10.3. The molecular formula is C37H49FO2. The van der Waals surface area contributed by atoms with Crippen LogP contribution in [0.25, 0.3) is 0 Å². The van der Waals surface area contributed by atoms with E-state index in [0.717, 1.165) is 24.8 Å². The van der Waals surface area contributed by atoms with Gasteiger partial charge in [-0.05, 0) is 118 Å². The molecule has 2 fully saturated rings. The monoisotopic (exact) mass is 544 g/mol. The van der Waals surface area contributed by atoms with Crippen molar-refractivity contribution in [3.05, 3.63) is 94.5 Å². The smallest absolute Gasteiger partial charge is 0.166 e. The lowest BCUT2D eigenvalue weighted by molar-refractivity contribution is 0.0718. The number of hydrogen-bond acceptors (Lipinski definition) is 2. The standard InChI is InChI=1S/C35H43FO2.C2H6/c1-7-24(4)16-32(26(6)17-28-11-9-8-10-25(28)5)29-21-35(22-29)15-14-27(20-35)18-33(37)31-13-12-30(36)19-34(31)38-23(2)3;1-2/h8-13,16,19,23,26-27,29H,1,14-15,17-18,20-22H2,2-6H3;1-2H3/b32-16+;. The molecule has 2 atom stereocenters. The lowest BCUT2D eigenvalue weighted by Crippen LogP contribution is -2.37. The van der Waals surface area contributed by atoms with E-state index in [1.54, 1.807) is 6.07 Å². The van der Waals surface area contributed by atoms with E-state index < -0.39 is 0 Å². The molecule has 0 heterocycles. The van der Waals surface area contributed by atoms with Crippen LogP contribution in [0.5, 0.6) is 5.75 Å². The number of ketones is 1. The number of ether oxygens (including phenoxy) is 1. The molecule has 2 aromatic carbocycles. The van der Waals surface area contributed by atoms with E-state index in [9.17, 15) is 9.18 Å². The Hall–Kier alpha value is -2.90. The molecule has 0 aromatic heterocycles. The van der Waals surface area contributed by atoms with Crippen molar-refractivity contribution in [1.29, 1.82) is 0 Å².